The fourth-order valence-corrected chi connectivity index (χ4v) is 2.75. The Kier molecular flexibility index (Phi) is 7.77. The van der Waals surface area contributed by atoms with Gasteiger partial charge in [0.2, 0.25) is 5.17 Å². The Labute approximate surface area is 169 Å². The zero-order valence-corrected chi connectivity index (χ0v) is 16.5. The number of carbonyl (C=O) groups excluding carboxylic acids is 2. The smallest absolute Gasteiger partial charge is 0.370 e. The van der Waals surface area contributed by atoms with Crippen LogP contribution in [0.1, 0.15) is 28.9 Å². The molecule has 0 unspecified atom stereocenters. The van der Waals surface area contributed by atoms with E-state index in [0.717, 1.165) is 5.56 Å². The number of para-hydroxylation sites is 1. The first-order chi connectivity index (χ1) is 13.5. The van der Waals surface area contributed by atoms with E-state index >= 15 is 0 Å². The quantitative estimate of drug-likeness (QED) is 0.312. The number of nitrogens with zero attached hydrogens (tertiary/aromatic N) is 2. The van der Waals surface area contributed by atoms with Gasteiger partial charge in [-0.05, 0) is 24.6 Å². The van der Waals surface area contributed by atoms with Crippen LogP contribution in [-0.4, -0.2) is 35.6 Å². The molecule has 0 fully saturated rings. The molecule has 28 heavy (non-hydrogen) atoms. The molecule has 2 rings (SSSR count). The number of nitrogens with one attached hydrogen (secondary N) is 1. The SMILES string of the molecule is C=CCN(C(=O)c1ccccc1N/N=C(/Cl)C(=O)OC)[C@@H](C)c1ccccc1. The van der Waals surface area contributed by atoms with E-state index in [1.807, 2.05) is 37.3 Å². The van der Waals surface area contributed by atoms with E-state index in [2.05, 4.69) is 21.8 Å². The number of ether oxygens (including phenoxy) is 1. The molecule has 0 radical (unpaired) electrons. The molecule has 6 nitrogen and oxygen atoms in total. The number of methoxy groups -OCH3 is 1. The van der Waals surface area contributed by atoms with Crippen molar-refractivity contribution in [2.24, 2.45) is 5.10 Å². The average molecular weight is 400 g/mol. The molecule has 0 aliphatic rings. The van der Waals surface area contributed by atoms with Crippen LogP contribution in [0.3, 0.4) is 0 Å². The van der Waals surface area contributed by atoms with Gasteiger partial charge in [0.1, 0.15) is 0 Å². The summed E-state index contributed by atoms with van der Waals surface area (Å²) in [6.07, 6.45) is 1.68. The summed E-state index contributed by atoms with van der Waals surface area (Å²) in [5, 5.41) is 3.41. The Morgan fingerprint density at radius 1 is 1.21 bits per heavy atom. The highest BCUT2D eigenvalue weighted by Crippen LogP contribution is 2.25. The van der Waals surface area contributed by atoms with Gasteiger partial charge in [-0.2, -0.15) is 5.10 Å². The molecular weight excluding hydrogens is 378 g/mol. The highest BCUT2D eigenvalue weighted by molar-refractivity contribution is 6.82. The Bertz CT molecular complexity index is 868. The van der Waals surface area contributed by atoms with E-state index in [1.165, 1.54) is 7.11 Å². The van der Waals surface area contributed by atoms with E-state index in [9.17, 15) is 9.59 Å². The summed E-state index contributed by atoms with van der Waals surface area (Å²) in [5.41, 5.74) is 4.49. The number of esters is 1. The minimum atomic E-state index is -0.774. The van der Waals surface area contributed by atoms with Gasteiger partial charge in [-0.15, -0.1) is 6.58 Å². The summed E-state index contributed by atoms with van der Waals surface area (Å²) in [6, 6.07) is 16.4. The number of hydrogen-bond donors (Lipinski definition) is 1. The zero-order chi connectivity index (χ0) is 20.5. The van der Waals surface area contributed by atoms with Crippen LogP contribution in [0.2, 0.25) is 0 Å². The molecule has 0 heterocycles. The van der Waals surface area contributed by atoms with E-state index < -0.39 is 5.97 Å². The summed E-state index contributed by atoms with van der Waals surface area (Å²) in [4.78, 5) is 26.4. The van der Waals surface area contributed by atoms with Crippen LogP contribution < -0.4 is 5.43 Å². The van der Waals surface area contributed by atoms with E-state index in [4.69, 9.17) is 11.6 Å². The number of rotatable bonds is 8. The van der Waals surface area contributed by atoms with Gasteiger partial charge in [-0.3, -0.25) is 10.2 Å². The molecule has 0 spiro atoms. The lowest BCUT2D eigenvalue weighted by molar-refractivity contribution is -0.132. The van der Waals surface area contributed by atoms with Crippen molar-refractivity contribution in [2.75, 3.05) is 19.1 Å². The maximum absolute atomic E-state index is 13.3. The molecule has 0 saturated carbocycles. The monoisotopic (exact) mass is 399 g/mol. The molecule has 1 amide bonds. The van der Waals surface area contributed by atoms with Crippen LogP contribution >= 0.6 is 11.6 Å². The van der Waals surface area contributed by atoms with Gasteiger partial charge in [0, 0.05) is 6.54 Å². The summed E-state index contributed by atoms with van der Waals surface area (Å²) in [7, 11) is 1.20. The Morgan fingerprint density at radius 3 is 2.50 bits per heavy atom. The second-order valence-corrected chi connectivity index (χ2v) is 6.24. The first kappa shape index (κ1) is 21.2. The predicted octanol–water partition coefficient (Wildman–Crippen LogP) is 4.21. The normalized spacial score (nSPS) is 12.0. The number of hydrogen-bond acceptors (Lipinski definition) is 5. The van der Waals surface area contributed by atoms with Crippen molar-refractivity contribution in [3.05, 3.63) is 78.4 Å². The van der Waals surface area contributed by atoms with Gasteiger partial charge in [0.05, 0.1) is 24.4 Å². The molecule has 0 saturated heterocycles. The van der Waals surface area contributed by atoms with Gasteiger partial charge >= 0.3 is 5.97 Å². The zero-order valence-electron chi connectivity index (χ0n) is 15.8. The van der Waals surface area contributed by atoms with Gasteiger partial charge in [-0.1, -0.05) is 60.1 Å². The van der Waals surface area contributed by atoms with Crippen molar-refractivity contribution in [3.63, 3.8) is 0 Å². The van der Waals surface area contributed by atoms with Crippen LogP contribution in [0.4, 0.5) is 5.69 Å². The maximum atomic E-state index is 13.3. The van der Waals surface area contributed by atoms with Crippen molar-refractivity contribution < 1.29 is 14.3 Å². The lowest BCUT2D eigenvalue weighted by atomic mass is 10.0. The van der Waals surface area contributed by atoms with Crippen LogP contribution in [0.25, 0.3) is 0 Å². The third kappa shape index (κ3) is 5.20. The third-order valence-corrected chi connectivity index (χ3v) is 4.36. The Morgan fingerprint density at radius 2 is 1.86 bits per heavy atom. The number of anilines is 1. The molecule has 0 aliphatic heterocycles. The molecule has 0 bridgehead atoms. The third-order valence-electron chi connectivity index (χ3n) is 4.12. The summed E-state index contributed by atoms with van der Waals surface area (Å²) in [5.74, 6) is -0.979. The van der Waals surface area contributed by atoms with Gasteiger partial charge < -0.3 is 9.64 Å². The van der Waals surface area contributed by atoms with E-state index in [-0.39, 0.29) is 17.1 Å². The van der Waals surface area contributed by atoms with Crippen molar-refractivity contribution in [1.29, 1.82) is 0 Å². The van der Waals surface area contributed by atoms with Crippen molar-refractivity contribution in [3.8, 4) is 0 Å². The fourth-order valence-electron chi connectivity index (χ4n) is 2.63. The van der Waals surface area contributed by atoms with Crippen LogP contribution in [0.15, 0.2) is 72.4 Å². The lowest BCUT2D eigenvalue weighted by Gasteiger charge is -2.29. The average Bonchev–Trinajstić information content (AvgIpc) is 2.75. The Balaban J connectivity index is 2.33. The van der Waals surface area contributed by atoms with Gasteiger partial charge in [-0.25, -0.2) is 4.79 Å². The number of halogens is 1. The summed E-state index contributed by atoms with van der Waals surface area (Å²) < 4.78 is 4.50. The fraction of sp³-hybridized carbons (Fsp3) is 0.190. The highest BCUT2D eigenvalue weighted by atomic mass is 35.5. The van der Waals surface area contributed by atoms with Gasteiger partial charge in [0.15, 0.2) is 0 Å². The molecule has 7 heteroatoms. The molecule has 2 aromatic rings. The molecule has 146 valence electrons. The standard InChI is InChI=1S/C21H22ClN3O3/c1-4-14-25(15(2)16-10-6-5-7-11-16)20(26)17-12-8-9-13-18(17)23-24-19(22)21(27)28-3/h4-13,15,23H,1,14H2,2-3H3/b24-19+/t15-/m0/s1. The number of amides is 1. The highest BCUT2D eigenvalue weighted by Gasteiger charge is 2.23. The summed E-state index contributed by atoms with van der Waals surface area (Å²) in [6.45, 7) is 6.09. The van der Waals surface area contributed by atoms with Crippen LogP contribution in [0, 0.1) is 0 Å². The lowest BCUT2D eigenvalue weighted by Crippen LogP contribution is -2.34. The van der Waals surface area contributed by atoms with Crippen LogP contribution in [0.5, 0.6) is 0 Å². The second-order valence-electron chi connectivity index (χ2n) is 5.88. The van der Waals surface area contributed by atoms with Crippen molar-refractivity contribution in [2.45, 2.75) is 13.0 Å². The van der Waals surface area contributed by atoms with Crippen molar-refractivity contribution >= 4 is 34.3 Å². The van der Waals surface area contributed by atoms with Crippen LogP contribution in [-0.2, 0) is 9.53 Å². The number of benzene rings is 2. The van der Waals surface area contributed by atoms with E-state index in [1.54, 1.807) is 35.2 Å². The minimum absolute atomic E-state index is 0.165. The first-order valence-corrected chi connectivity index (χ1v) is 9.00. The first-order valence-electron chi connectivity index (χ1n) is 8.63. The molecule has 1 N–H and O–H groups in total. The largest absolute Gasteiger partial charge is 0.464 e. The molecule has 0 aliphatic carbocycles. The predicted molar refractivity (Wildman–Crippen MR) is 111 cm³/mol. The van der Waals surface area contributed by atoms with Crippen molar-refractivity contribution in [1.82, 2.24) is 4.90 Å². The molecular formula is C21H22ClN3O3. The topological polar surface area (TPSA) is 71.0 Å². The number of hydrazone groups is 1. The molecule has 2 aromatic carbocycles. The number of carbonyl (C=O) groups is 2. The Hall–Kier alpha value is -3.12. The van der Waals surface area contributed by atoms with E-state index in [0.29, 0.717) is 17.8 Å². The minimum Gasteiger partial charge on any atom is -0.464 e. The maximum Gasteiger partial charge on any atom is 0.370 e. The van der Waals surface area contributed by atoms with Gasteiger partial charge in [0.25, 0.3) is 5.91 Å². The summed E-state index contributed by atoms with van der Waals surface area (Å²) >= 11 is 5.76. The molecule has 1 atom stereocenters. The second kappa shape index (κ2) is 10.3. The molecule has 0 aromatic heterocycles.